The molecule has 2 unspecified atom stereocenters. The highest BCUT2D eigenvalue weighted by molar-refractivity contribution is 7.98. The molecule has 0 aromatic carbocycles. The predicted octanol–water partition coefficient (Wildman–Crippen LogP) is 4.47. The number of Topliss-reactive ketones (excluding diaryl/α,β-unsaturated/α-hetero) is 2. The number of hydrogen-bond acceptors (Lipinski definition) is 10. The van der Waals surface area contributed by atoms with Gasteiger partial charge in [0, 0.05) is 43.9 Å². The first-order valence-corrected chi connectivity index (χ1v) is 19.1. The molecule has 0 saturated carbocycles. The van der Waals surface area contributed by atoms with Gasteiger partial charge in [0.15, 0.2) is 11.6 Å². The lowest BCUT2D eigenvalue weighted by molar-refractivity contribution is -0.201. The van der Waals surface area contributed by atoms with Crippen molar-refractivity contribution >= 4 is 59.2 Å². The Balaban J connectivity index is 3.20. The average Bonchev–Trinajstić information content (AvgIpc) is 3.36. The van der Waals surface area contributed by atoms with Gasteiger partial charge in [-0.05, 0) is 48.5 Å². The first kappa shape index (κ1) is 43.9. The van der Waals surface area contributed by atoms with E-state index in [1.807, 2.05) is 61.6 Å². The second-order valence-corrected chi connectivity index (χ2v) is 15.1. The summed E-state index contributed by atoms with van der Waals surface area (Å²) in [6.45, 7) is 14.8. The van der Waals surface area contributed by atoms with Crippen LogP contribution in [0, 0.1) is 41.4 Å². The number of nitrogens with zero attached hydrogens (tertiary/aromatic N) is 1. The molecule has 0 aromatic heterocycles. The summed E-state index contributed by atoms with van der Waals surface area (Å²) < 4.78 is 0. The van der Waals surface area contributed by atoms with Gasteiger partial charge in [-0.15, -0.1) is 5.06 Å². The zero-order valence-electron chi connectivity index (χ0n) is 30.9. The van der Waals surface area contributed by atoms with Crippen molar-refractivity contribution in [3.05, 3.63) is 0 Å². The van der Waals surface area contributed by atoms with Crippen LogP contribution in [0.5, 0.6) is 0 Å². The molecule has 0 aliphatic carbocycles. The largest absolute Gasteiger partial charge is 0.346 e. The van der Waals surface area contributed by atoms with E-state index in [0.29, 0.717) is 36.4 Å². The molecule has 1 rings (SSSR count). The number of imide groups is 1. The number of hydrogen-bond donors (Lipinski definition) is 2. The van der Waals surface area contributed by atoms with E-state index in [9.17, 15) is 38.4 Å². The van der Waals surface area contributed by atoms with Crippen molar-refractivity contribution < 1.29 is 43.2 Å². The fraction of sp³-hybridized carbons (Fsp3) is 0.778. The molecular formula is C36H59N3O9S. The third-order valence-electron chi connectivity index (χ3n) is 9.42. The molecule has 1 heterocycles. The number of ketones is 2. The Bertz CT molecular complexity index is 1160. The summed E-state index contributed by atoms with van der Waals surface area (Å²) in [5.41, 5.74) is 0. The molecule has 0 aromatic rings. The van der Waals surface area contributed by atoms with Gasteiger partial charge in [0.05, 0.1) is 18.0 Å². The first-order valence-electron chi connectivity index (χ1n) is 17.7. The van der Waals surface area contributed by atoms with Crippen molar-refractivity contribution in [2.45, 2.75) is 125 Å². The lowest BCUT2D eigenvalue weighted by Crippen LogP contribution is -2.51. The minimum Gasteiger partial charge on any atom is -0.346 e. The van der Waals surface area contributed by atoms with Gasteiger partial charge in [0.25, 0.3) is 11.8 Å². The molecular weight excluding hydrogens is 650 g/mol. The maximum atomic E-state index is 13.8. The lowest BCUT2D eigenvalue weighted by Gasteiger charge is -2.30. The van der Waals surface area contributed by atoms with Gasteiger partial charge in [0.1, 0.15) is 6.29 Å². The van der Waals surface area contributed by atoms with Crippen LogP contribution in [0.3, 0.4) is 0 Å². The highest BCUT2D eigenvalue weighted by Crippen LogP contribution is 2.25. The number of thioether (sulfide) groups is 1. The maximum absolute atomic E-state index is 13.8. The molecule has 0 spiro atoms. The lowest BCUT2D eigenvalue weighted by atomic mass is 9.83. The van der Waals surface area contributed by atoms with Gasteiger partial charge in [-0.25, -0.2) is 4.79 Å². The minimum absolute atomic E-state index is 0.0125. The maximum Gasteiger partial charge on any atom is 0.336 e. The summed E-state index contributed by atoms with van der Waals surface area (Å²) in [5.74, 6) is -6.05. The van der Waals surface area contributed by atoms with Crippen molar-refractivity contribution in [2.24, 2.45) is 41.4 Å². The Morgan fingerprint density at radius 2 is 1.33 bits per heavy atom. The summed E-state index contributed by atoms with van der Waals surface area (Å²) >= 11 is 1.57. The van der Waals surface area contributed by atoms with E-state index in [-0.39, 0.29) is 73.9 Å². The number of carbonyl (C=O) groups is 8. The highest BCUT2D eigenvalue weighted by Gasteiger charge is 2.39. The Hall–Kier alpha value is -3.09. The fourth-order valence-corrected chi connectivity index (χ4v) is 6.33. The Labute approximate surface area is 296 Å². The standard InChI is InChI=1S/C36H59N3O9S/c1-10-23(7)32(28(41)19-26(18-21(3)4)36(47)48-39-30(43)12-13-31(39)44)38-35(46)27(22(5)6)20-29(42)33(24(8)11-2)37-34(45)25(14-16-40)15-17-49-9/h16,21-27,32-33H,10-15,17-20H2,1-9H3,(H,37,45)(H,38,46)/t23?,24?,25-,26+,27-,32-,33-/m0/s1. The molecule has 0 radical (unpaired) electrons. The third kappa shape index (κ3) is 14.0. The van der Waals surface area contributed by atoms with Crippen molar-refractivity contribution in [2.75, 3.05) is 12.0 Å². The van der Waals surface area contributed by atoms with Crippen LogP contribution in [-0.4, -0.2) is 76.6 Å². The number of nitrogens with one attached hydrogen (secondary N) is 2. The zero-order valence-corrected chi connectivity index (χ0v) is 31.7. The van der Waals surface area contributed by atoms with Gasteiger partial charge in [-0.3, -0.25) is 28.8 Å². The molecule has 7 atom stereocenters. The molecule has 2 N–H and O–H groups in total. The van der Waals surface area contributed by atoms with Crippen LogP contribution in [0.1, 0.15) is 113 Å². The van der Waals surface area contributed by atoms with E-state index in [4.69, 9.17) is 4.84 Å². The van der Waals surface area contributed by atoms with Crippen LogP contribution in [-0.2, 0) is 43.2 Å². The second-order valence-electron chi connectivity index (χ2n) is 14.1. The molecule has 1 saturated heterocycles. The number of amides is 4. The average molecular weight is 710 g/mol. The van der Waals surface area contributed by atoms with E-state index in [1.165, 1.54) is 0 Å². The summed E-state index contributed by atoms with van der Waals surface area (Å²) in [6.07, 6.45) is 4.05. The van der Waals surface area contributed by atoms with Crippen molar-refractivity contribution in [1.82, 2.24) is 15.7 Å². The SMILES string of the molecule is CCC(C)[C@H](NC(=O)[C@@H](CC=O)CCSC)C(=O)C[C@H](C(=O)N[C@H](C(=O)C[C@@H](CC(C)C)C(=O)ON1C(=O)CCC1=O)C(C)CC)C(C)C. The molecule has 278 valence electrons. The summed E-state index contributed by atoms with van der Waals surface area (Å²) in [4.78, 5) is 108. The van der Waals surface area contributed by atoms with Crippen molar-refractivity contribution in [1.29, 1.82) is 0 Å². The van der Waals surface area contributed by atoms with Crippen LogP contribution in [0.25, 0.3) is 0 Å². The second kappa shape index (κ2) is 21.9. The predicted molar refractivity (Wildman–Crippen MR) is 188 cm³/mol. The Kier molecular flexibility index (Phi) is 19.6. The smallest absolute Gasteiger partial charge is 0.336 e. The van der Waals surface area contributed by atoms with Crippen LogP contribution in [0.4, 0.5) is 0 Å². The monoisotopic (exact) mass is 709 g/mol. The quantitative estimate of drug-likeness (QED) is 0.108. The highest BCUT2D eigenvalue weighted by atomic mass is 32.2. The van der Waals surface area contributed by atoms with Crippen molar-refractivity contribution in [3.63, 3.8) is 0 Å². The molecule has 49 heavy (non-hydrogen) atoms. The molecule has 0 bridgehead atoms. The third-order valence-corrected chi connectivity index (χ3v) is 10.1. The molecule has 12 nitrogen and oxygen atoms in total. The van der Waals surface area contributed by atoms with Gasteiger partial charge in [0.2, 0.25) is 11.8 Å². The van der Waals surface area contributed by atoms with E-state index in [2.05, 4.69) is 10.6 Å². The normalized spacial score (nSPS) is 17.6. The van der Waals surface area contributed by atoms with E-state index >= 15 is 0 Å². The molecule has 1 aliphatic heterocycles. The molecule has 4 amide bonds. The topological polar surface area (TPSA) is 173 Å². The van der Waals surface area contributed by atoms with Crippen molar-refractivity contribution in [3.8, 4) is 0 Å². The zero-order chi connectivity index (χ0) is 37.4. The van der Waals surface area contributed by atoms with Crippen LogP contribution < -0.4 is 10.6 Å². The molecule has 1 fully saturated rings. The summed E-state index contributed by atoms with van der Waals surface area (Å²) in [7, 11) is 0. The summed E-state index contributed by atoms with van der Waals surface area (Å²) in [5, 5.41) is 6.23. The molecule has 1 aliphatic rings. The number of hydroxylamine groups is 2. The first-order chi connectivity index (χ1) is 23.0. The number of aldehydes is 1. The Morgan fingerprint density at radius 3 is 1.78 bits per heavy atom. The minimum atomic E-state index is -0.961. The van der Waals surface area contributed by atoms with Gasteiger partial charge in [-0.1, -0.05) is 68.2 Å². The fourth-order valence-electron chi connectivity index (χ4n) is 5.81. The van der Waals surface area contributed by atoms with Gasteiger partial charge < -0.3 is 20.3 Å². The Morgan fingerprint density at radius 1 is 0.816 bits per heavy atom. The van der Waals surface area contributed by atoms with Gasteiger partial charge in [-0.2, -0.15) is 11.8 Å². The van der Waals surface area contributed by atoms with Crippen LogP contribution >= 0.6 is 11.8 Å². The van der Waals surface area contributed by atoms with E-state index in [1.54, 1.807) is 11.8 Å². The van der Waals surface area contributed by atoms with Crippen LogP contribution in [0.2, 0.25) is 0 Å². The van der Waals surface area contributed by atoms with E-state index < -0.39 is 59.3 Å². The summed E-state index contributed by atoms with van der Waals surface area (Å²) in [6, 6.07) is -1.81. The van der Waals surface area contributed by atoms with Gasteiger partial charge >= 0.3 is 5.97 Å². The van der Waals surface area contributed by atoms with E-state index in [0.717, 1.165) is 0 Å². The van der Waals surface area contributed by atoms with Crippen LogP contribution in [0.15, 0.2) is 0 Å². The number of carbonyl (C=O) groups excluding carboxylic acids is 8. The number of rotatable bonds is 24. The molecule has 13 heteroatoms.